The molecule has 154 valence electrons. The lowest BCUT2D eigenvalue weighted by atomic mass is 9.80. The van der Waals surface area contributed by atoms with Crippen molar-refractivity contribution in [1.29, 1.82) is 0 Å². The lowest BCUT2D eigenvalue weighted by Crippen LogP contribution is -2.11. The number of fused-ring (bicyclic) bond motifs is 7. The van der Waals surface area contributed by atoms with Gasteiger partial charge in [0.05, 0.1) is 5.39 Å². The molecule has 1 unspecified atom stereocenters. The number of rotatable bonds is 4. The summed E-state index contributed by atoms with van der Waals surface area (Å²) in [5, 5.41) is 4.73. The third-order valence-electron chi connectivity index (χ3n) is 6.31. The highest BCUT2D eigenvalue weighted by Crippen LogP contribution is 2.59. The van der Waals surface area contributed by atoms with Gasteiger partial charge in [0.1, 0.15) is 16.5 Å². The molecule has 0 saturated heterocycles. The van der Waals surface area contributed by atoms with Crippen LogP contribution in [0.3, 0.4) is 0 Å². The third-order valence-corrected chi connectivity index (χ3v) is 7.50. The molecule has 0 bridgehead atoms. The highest BCUT2D eigenvalue weighted by molar-refractivity contribution is 7.19. The van der Waals surface area contributed by atoms with E-state index in [1.807, 2.05) is 41.2 Å². The van der Waals surface area contributed by atoms with Gasteiger partial charge < -0.3 is 14.8 Å². The minimum Gasteiger partial charge on any atom is -0.454 e. The molecule has 2 aliphatic carbocycles. The first-order chi connectivity index (χ1) is 15.3. The highest BCUT2D eigenvalue weighted by Gasteiger charge is 2.39. The molecule has 1 aromatic carbocycles. The molecular weight excluding hydrogens is 410 g/mol. The van der Waals surface area contributed by atoms with Gasteiger partial charge in [-0.2, -0.15) is 4.98 Å². The van der Waals surface area contributed by atoms with Gasteiger partial charge in [-0.25, -0.2) is 9.97 Å². The summed E-state index contributed by atoms with van der Waals surface area (Å²) in [6.45, 7) is 2.88. The van der Waals surface area contributed by atoms with E-state index >= 15 is 0 Å². The quantitative estimate of drug-likeness (QED) is 0.502. The number of benzene rings is 1. The Bertz CT molecular complexity index is 1400. The number of anilines is 1. The van der Waals surface area contributed by atoms with E-state index in [1.54, 1.807) is 6.20 Å². The number of thiophene rings is 1. The van der Waals surface area contributed by atoms with Crippen LogP contribution in [0.25, 0.3) is 21.7 Å². The Balaban J connectivity index is 1.33. The van der Waals surface area contributed by atoms with E-state index in [-0.39, 0.29) is 6.79 Å². The van der Waals surface area contributed by atoms with Crippen LogP contribution in [-0.4, -0.2) is 26.3 Å². The number of hydrogen-bond donors (Lipinski definition) is 1. The molecule has 31 heavy (non-hydrogen) atoms. The van der Waals surface area contributed by atoms with Crippen molar-refractivity contribution < 1.29 is 9.47 Å². The molecule has 1 atom stereocenters. The summed E-state index contributed by atoms with van der Waals surface area (Å²) in [4.78, 5) is 16.7. The monoisotopic (exact) mass is 429 g/mol. The summed E-state index contributed by atoms with van der Waals surface area (Å²) < 4.78 is 12.9. The van der Waals surface area contributed by atoms with E-state index < -0.39 is 0 Å². The van der Waals surface area contributed by atoms with Crippen LogP contribution < -0.4 is 14.8 Å². The fourth-order valence-electron chi connectivity index (χ4n) is 4.77. The SMILES string of the molecule is Cc1nccn1-c1nc(NCc2ccc3c(c2)OCO3)c2c3c(sc2n1)C1CCC=C31. The van der Waals surface area contributed by atoms with Crippen LogP contribution in [0.15, 0.2) is 36.7 Å². The second kappa shape index (κ2) is 6.31. The average Bonchev–Trinajstić information content (AvgIpc) is 3.54. The summed E-state index contributed by atoms with van der Waals surface area (Å²) in [7, 11) is 0. The van der Waals surface area contributed by atoms with Crippen molar-refractivity contribution >= 4 is 32.9 Å². The van der Waals surface area contributed by atoms with Crippen molar-refractivity contribution in [2.75, 3.05) is 12.1 Å². The largest absolute Gasteiger partial charge is 0.454 e. The summed E-state index contributed by atoms with van der Waals surface area (Å²) >= 11 is 1.81. The van der Waals surface area contributed by atoms with Crippen LogP contribution in [0, 0.1) is 6.92 Å². The van der Waals surface area contributed by atoms with E-state index in [4.69, 9.17) is 19.4 Å². The van der Waals surface area contributed by atoms with Crippen molar-refractivity contribution in [2.24, 2.45) is 0 Å². The maximum atomic E-state index is 5.53. The van der Waals surface area contributed by atoms with E-state index in [1.165, 1.54) is 22.4 Å². The standard InChI is InChI=1S/C23H19N5O2S/c1-12-24-7-8-28(12)23-26-21(25-10-13-5-6-16-17(9-13)30-11-29-16)19-18-14-3-2-4-15(14)20(18)31-22(19)27-23/h3,5-9,15H,2,4,10-11H2,1H3,(H,25,26,27). The normalized spacial score (nSPS) is 18.0. The fraction of sp³-hybridized carbons (Fsp3) is 0.261. The van der Waals surface area contributed by atoms with Gasteiger partial charge in [-0.3, -0.25) is 4.57 Å². The van der Waals surface area contributed by atoms with Gasteiger partial charge in [0.2, 0.25) is 12.7 Å². The van der Waals surface area contributed by atoms with Crippen LogP contribution in [0.4, 0.5) is 5.82 Å². The first kappa shape index (κ1) is 17.3. The Kier molecular flexibility index (Phi) is 3.52. The van der Waals surface area contributed by atoms with E-state index in [2.05, 4.69) is 22.4 Å². The van der Waals surface area contributed by atoms with E-state index in [9.17, 15) is 0 Å². The van der Waals surface area contributed by atoms with Crippen LogP contribution in [-0.2, 0) is 6.54 Å². The lowest BCUT2D eigenvalue weighted by Gasteiger charge is -2.26. The topological polar surface area (TPSA) is 74.1 Å². The molecule has 1 N–H and O–H groups in total. The number of allylic oxidation sites excluding steroid dienone is 2. The smallest absolute Gasteiger partial charge is 0.238 e. The molecule has 0 spiro atoms. The molecule has 1 aliphatic heterocycles. The molecule has 7 nitrogen and oxygen atoms in total. The van der Waals surface area contributed by atoms with Gasteiger partial charge >= 0.3 is 0 Å². The van der Waals surface area contributed by atoms with Crippen LogP contribution in [0.2, 0.25) is 0 Å². The van der Waals surface area contributed by atoms with Gasteiger partial charge in [-0.05, 0) is 43.0 Å². The number of ether oxygens (including phenoxy) is 2. The lowest BCUT2D eigenvalue weighted by molar-refractivity contribution is 0.174. The molecule has 3 aromatic heterocycles. The molecule has 0 fully saturated rings. The Morgan fingerprint density at radius 2 is 2.16 bits per heavy atom. The highest BCUT2D eigenvalue weighted by atomic mass is 32.1. The van der Waals surface area contributed by atoms with Crippen molar-refractivity contribution in [2.45, 2.75) is 32.2 Å². The Morgan fingerprint density at radius 3 is 3.06 bits per heavy atom. The number of aromatic nitrogens is 4. The van der Waals surface area contributed by atoms with Gasteiger partial charge in [0, 0.05) is 35.3 Å². The van der Waals surface area contributed by atoms with Gasteiger partial charge in [0.25, 0.3) is 0 Å². The summed E-state index contributed by atoms with van der Waals surface area (Å²) in [5.41, 5.74) is 3.94. The predicted molar refractivity (Wildman–Crippen MR) is 119 cm³/mol. The van der Waals surface area contributed by atoms with E-state index in [0.717, 1.165) is 45.3 Å². The molecule has 7 rings (SSSR count). The maximum Gasteiger partial charge on any atom is 0.238 e. The maximum absolute atomic E-state index is 5.53. The zero-order valence-corrected chi connectivity index (χ0v) is 17.7. The summed E-state index contributed by atoms with van der Waals surface area (Å²) in [6, 6.07) is 6.04. The van der Waals surface area contributed by atoms with Gasteiger partial charge in [-0.15, -0.1) is 11.3 Å². The second-order valence-electron chi connectivity index (χ2n) is 8.07. The Morgan fingerprint density at radius 1 is 1.23 bits per heavy atom. The molecule has 4 aromatic rings. The van der Waals surface area contributed by atoms with Crippen molar-refractivity contribution in [1.82, 2.24) is 19.5 Å². The van der Waals surface area contributed by atoms with Crippen LogP contribution in [0.5, 0.6) is 11.5 Å². The zero-order chi connectivity index (χ0) is 20.5. The summed E-state index contributed by atoms with van der Waals surface area (Å²) in [5.74, 6) is 4.57. The Hall–Kier alpha value is -3.39. The molecule has 0 amide bonds. The molecule has 8 heteroatoms. The minimum absolute atomic E-state index is 0.281. The second-order valence-corrected chi connectivity index (χ2v) is 9.10. The van der Waals surface area contributed by atoms with Crippen molar-refractivity contribution in [3.8, 4) is 17.4 Å². The number of hydrogen-bond acceptors (Lipinski definition) is 7. The number of nitrogens with one attached hydrogen (secondary N) is 1. The summed E-state index contributed by atoms with van der Waals surface area (Å²) in [6.07, 6.45) is 8.45. The number of nitrogens with zero attached hydrogens (tertiary/aromatic N) is 4. The molecule has 4 heterocycles. The molecule has 0 saturated carbocycles. The first-order valence-corrected chi connectivity index (χ1v) is 11.3. The minimum atomic E-state index is 0.281. The zero-order valence-electron chi connectivity index (χ0n) is 16.9. The predicted octanol–water partition coefficient (Wildman–Crippen LogP) is 4.80. The molecule has 3 aliphatic rings. The van der Waals surface area contributed by atoms with Gasteiger partial charge in [-0.1, -0.05) is 12.1 Å². The van der Waals surface area contributed by atoms with Gasteiger partial charge in [0.15, 0.2) is 11.5 Å². The average molecular weight is 430 g/mol. The Labute approximate surface area is 182 Å². The fourth-order valence-corrected chi connectivity index (χ4v) is 6.12. The van der Waals surface area contributed by atoms with Crippen LogP contribution in [0.1, 0.15) is 40.6 Å². The van der Waals surface area contributed by atoms with Crippen LogP contribution >= 0.6 is 11.3 Å². The van der Waals surface area contributed by atoms with Crippen molar-refractivity contribution in [3.05, 3.63) is 58.5 Å². The first-order valence-electron chi connectivity index (χ1n) is 10.4. The molecular formula is C23H19N5O2S. The third kappa shape index (κ3) is 2.48. The number of aryl methyl sites for hydroxylation is 1. The van der Waals surface area contributed by atoms with E-state index in [0.29, 0.717) is 18.4 Å². The molecule has 0 radical (unpaired) electrons. The number of imidazole rings is 1. The van der Waals surface area contributed by atoms with Crippen molar-refractivity contribution in [3.63, 3.8) is 0 Å².